The van der Waals surface area contributed by atoms with E-state index in [4.69, 9.17) is 9.47 Å². The third-order valence-corrected chi connectivity index (χ3v) is 6.23. The van der Waals surface area contributed by atoms with Crippen LogP contribution in [0.5, 0.6) is 0 Å². The molecule has 1 aromatic heterocycles. The van der Waals surface area contributed by atoms with Crippen molar-refractivity contribution in [2.24, 2.45) is 5.92 Å². The van der Waals surface area contributed by atoms with Crippen molar-refractivity contribution in [2.45, 2.75) is 38.2 Å². The number of methoxy groups -OCH3 is 1. The van der Waals surface area contributed by atoms with Crippen LogP contribution in [0.2, 0.25) is 0 Å². The van der Waals surface area contributed by atoms with Crippen LogP contribution in [-0.4, -0.2) is 49.8 Å². The molecule has 0 N–H and O–H groups in total. The maximum atomic E-state index is 12.6. The molecule has 2 fully saturated rings. The summed E-state index contributed by atoms with van der Waals surface area (Å²) >= 11 is 1.55. The molecule has 1 amide bonds. The van der Waals surface area contributed by atoms with E-state index in [0.717, 1.165) is 62.4 Å². The number of nitrogens with zero attached hydrogens (tertiary/aromatic N) is 1. The second-order valence-electron chi connectivity index (χ2n) is 6.41. The van der Waals surface area contributed by atoms with Gasteiger partial charge in [0.2, 0.25) is 0 Å². The van der Waals surface area contributed by atoms with Crippen LogP contribution in [0, 0.1) is 12.8 Å². The third-order valence-electron chi connectivity index (χ3n) is 5.22. The van der Waals surface area contributed by atoms with Gasteiger partial charge in [0.25, 0.3) is 5.91 Å². The van der Waals surface area contributed by atoms with E-state index < -0.39 is 0 Å². The summed E-state index contributed by atoms with van der Waals surface area (Å²) < 4.78 is 11.4. The third kappa shape index (κ3) is 2.94. The number of thiophene rings is 1. The molecule has 22 heavy (non-hydrogen) atoms. The molecule has 0 unspecified atom stereocenters. The Hall–Kier alpha value is -0.910. The van der Waals surface area contributed by atoms with Crippen LogP contribution < -0.4 is 0 Å². The van der Waals surface area contributed by atoms with Gasteiger partial charge in [0.05, 0.1) is 10.5 Å². The van der Waals surface area contributed by atoms with E-state index in [1.165, 1.54) is 0 Å². The highest BCUT2D eigenvalue weighted by Gasteiger charge is 2.46. The molecule has 3 heterocycles. The van der Waals surface area contributed by atoms with Crippen LogP contribution in [-0.2, 0) is 9.47 Å². The molecule has 2 aliphatic rings. The van der Waals surface area contributed by atoms with Crippen molar-refractivity contribution in [3.8, 4) is 0 Å². The van der Waals surface area contributed by atoms with Gasteiger partial charge in [-0.3, -0.25) is 4.79 Å². The molecule has 0 radical (unpaired) electrons. The van der Waals surface area contributed by atoms with E-state index in [2.05, 4.69) is 0 Å². The van der Waals surface area contributed by atoms with Gasteiger partial charge in [0.1, 0.15) is 0 Å². The van der Waals surface area contributed by atoms with E-state index in [9.17, 15) is 4.79 Å². The fraction of sp³-hybridized carbons (Fsp3) is 0.706. The Labute approximate surface area is 136 Å². The second kappa shape index (κ2) is 6.69. The summed E-state index contributed by atoms with van der Waals surface area (Å²) in [6.45, 7) is 5.27. The van der Waals surface area contributed by atoms with Crippen molar-refractivity contribution in [1.82, 2.24) is 4.90 Å². The Morgan fingerprint density at radius 1 is 1.50 bits per heavy atom. The Morgan fingerprint density at radius 2 is 2.27 bits per heavy atom. The topological polar surface area (TPSA) is 38.8 Å². The number of amides is 1. The van der Waals surface area contributed by atoms with Gasteiger partial charge < -0.3 is 14.4 Å². The molecule has 1 atom stereocenters. The Kier molecular flexibility index (Phi) is 4.85. The van der Waals surface area contributed by atoms with Gasteiger partial charge in [-0.2, -0.15) is 0 Å². The monoisotopic (exact) mass is 323 g/mol. The highest BCUT2D eigenvalue weighted by molar-refractivity contribution is 7.12. The number of likely N-dealkylation sites (tertiary alicyclic amines) is 1. The molecular weight excluding hydrogens is 298 g/mol. The van der Waals surface area contributed by atoms with Gasteiger partial charge in [-0.25, -0.2) is 0 Å². The first kappa shape index (κ1) is 16.0. The molecule has 4 nitrogen and oxygen atoms in total. The van der Waals surface area contributed by atoms with Gasteiger partial charge in [0, 0.05) is 33.4 Å². The fourth-order valence-corrected chi connectivity index (χ4v) is 4.72. The first-order valence-corrected chi connectivity index (χ1v) is 9.00. The summed E-state index contributed by atoms with van der Waals surface area (Å²) in [5, 5.41) is 1.99. The van der Waals surface area contributed by atoms with Gasteiger partial charge in [-0.15, -0.1) is 11.3 Å². The summed E-state index contributed by atoms with van der Waals surface area (Å²) in [6, 6.07) is 2.02. The van der Waals surface area contributed by atoms with E-state index >= 15 is 0 Å². The predicted octanol–water partition coefficient (Wildman–Crippen LogP) is 3.10. The Morgan fingerprint density at radius 3 is 2.91 bits per heavy atom. The standard InChI is InChI=1S/C17H25NO3S/c1-13-5-12-22-15(13)16(19)18-8-6-17(7-9-18)14(3-10-20-2)4-11-21-17/h5,12,14H,3-4,6-11H2,1-2H3/t14-/m1/s1. The quantitative estimate of drug-likeness (QED) is 0.854. The minimum absolute atomic E-state index is 0.0141. The summed E-state index contributed by atoms with van der Waals surface area (Å²) in [6.07, 6.45) is 4.10. The maximum Gasteiger partial charge on any atom is 0.264 e. The van der Waals surface area contributed by atoms with Crippen molar-refractivity contribution >= 4 is 17.2 Å². The van der Waals surface area contributed by atoms with Gasteiger partial charge in [-0.05, 0) is 55.5 Å². The van der Waals surface area contributed by atoms with E-state index in [1.807, 2.05) is 23.3 Å². The molecule has 0 saturated carbocycles. The molecule has 0 bridgehead atoms. The first-order valence-electron chi connectivity index (χ1n) is 8.12. The zero-order valence-corrected chi connectivity index (χ0v) is 14.3. The van der Waals surface area contributed by atoms with Crippen molar-refractivity contribution in [1.29, 1.82) is 0 Å². The first-order chi connectivity index (χ1) is 10.7. The van der Waals surface area contributed by atoms with E-state index in [1.54, 1.807) is 18.4 Å². The highest BCUT2D eigenvalue weighted by atomic mass is 32.1. The molecule has 1 aromatic rings. The summed E-state index contributed by atoms with van der Waals surface area (Å²) in [4.78, 5) is 15.5. The van der Waals surface area contributed by atoms with Crippen molar-refractivity contribution in [3.63, 3.8) is 0 Å². The average molecular weight is 323 g/mol. The van der Waals surface area contributed by atoms with E-state index in [0.29, 0.717) is 5.92 Å². The molecule has 5 heteroatoms. The normalized spacial score (nSPS) is 24.1. The summed E-state index contributed by atoms with van der Waals surface area (Å²) in [7, 11) is 1.76. The number of piperidine rings is 1. The highest BCUT2D eigenvalue weighted by Crippen LogP contribution is 2.42. The minimum atomic E-state index is -0.0141. The number of carbonyl (C=O) groups excluding carboxylic acids is 1. The van der Waals surface area contributed by atoms with Crippen molar-refractivity contribution in [3.05, 3.63) is 21.9 Å². The van der Waals surface area contributed by atoms with Crippen LogP contribution in [0.15, 0.2) is 11.4 Å². The van der Waals surface area contributed by atoms with Crippen molar-refractivity contribution in [2.75, 3.05) is 33.4 Å². The Bertz CT molecular complexity index is 520. The zero-order chi connectivity index (χ0) is 15.6. The van der Waals surface area contributed by atoms with Crippen LogP contribution >= 0.6 is 11.3 Å². The number of hydrogen-bond donors (Lipinski definition) is 0. The molecule has 3 rings (SSSR count). The van der Waals surface area contributed by atoms with E-state index in [-0.39, 0.29) is 11.5 Å². The molecule has 1 spiro atoms. The lowest BCUT2D eigenvalue weighted by Crippen LogP contribution is -2.49. The predicted molar refractivity (Wildman–Crippen MR) is 87.5 cm³/mol. The SMILES string of the molecule is COCC[C@@H]1CCOC12CCN(C(=O)c1sccc1C)CC2. The number of hydrogen-bond acceptors (Lipinski definition) is 4. The summed E-state index contributed by atoms with van der Waals surface area (Å²) in [5.74, 6) is 0.766. The minimum Gasteiger partial charge on any atom is -0.385 e. The Balaban J connectivity index is 1.62. The van der Waals surface area contributed by atoms with Gasteiger partial charge in [0.15, 0.2) is 0 Å². The molecule has 0 aromatic carbocycles. The average Bonchev–Trinajstić information content (AvgIpc) is 3.12. The smallest absolute Gasteiger partial charge is 0.264 e. The van der Waals surface area contributed by atoms with Crippen LogP contribution in [0.1, 0.15) is 40.9 Å². The zero-order valence-electron chi connectivity index (χ0n) is 13.5. The largest absolute Gasteiger partial charge is 0.385 e. The number of aryl methyl sites for hydroxylation is 1. The lowest BCUT2D eigenvalue weighted by molar-refractivity contribution is -0.0661. The summed E-state index contributed by atoms with van der Waals surface area (Å²) in [5.41, 5.74) is 1.07. The molecule has 2 saturated heterocycles. The maximum absolute atomic E-state index is 12.6. The van der Waals surface area contributed by atoms with Crippen LogP contribution in [0.25, 0.3) is 0 Å². The number of rotatable bonds is 4. The molecule has 2 aliphatic heterocycles. The molecule has 122 valence electrons. The second-order valence-corrected chi connectivity index (χ2v) is 7.32. The fourth-order valence-electron chi connectivity index (χ4n) is 3.83. The lowest BCUT2D eigenvalue weighted by Gasteiger charge is -2.42. The van der Waals surface area contributed by atoms with Crippen molar-refractivity contribution < 1.29 is 14.3 Å². The molecular formula is C17H25NO3S. The van der Waals surface area contributed by atoms with Crippen LogP contribution in [0.4, 0.5) is 0 Å². The van der Waals surface area contributed by atoms with Gasteiger partial charge in [-0.1, -0.05) is 0 Å². The van der Waals surface area contributed by atoms with Crippen LogP contribution in [0.3, 0.4) is 0 Å². The molecule has 0 aliphatic carbocycles. The van der Waals surface area contributed by atoms with Gasteiger partial charge >= 0.3 is 0 Å². The number of ether oxygens (including phenoxy) is 2. The number of carbonyl (C=O) groups is 1. The lowest BCUT2D eigenvalue weighted by atomic mass is 9.78.